The maximum Gasteiger partial charge on any atom is 0.271 e. The van der Waals surface area contributed by atoms with Crippen molar-refractivity contribution >= 4 is 28.4 Å². The summed E-state index contributed by atoms with van der Waals surface area (Å²) in [6, 6.07) is 3.27. The molecule has 1 aromatic heterocycles. The van der Waals surface area contributed by atoms with Crippen molar-refractivity contribution in [3.8, 4) is 0 Å². The highest BCUT2D eigenvalue weighted by molar-refractivity contribution is 6.20. The number of hydrogen-bond acceptors (Lipinski definition) is 8. The second kappa shape index (κ2) is 10.4. The summed E-state index contributed by atoms with van der Waals surface area (Å²) in [5, 5.41) is 11.4. The molecule has 6 aliphatic rings. The topological polar surface area (TPSA) is 120 Å². The number of fused-ring (bicyclic) bond motifs is 5. The van der Waals surface area contributed by atoms with E-state index in [2.05, 4.69) is 9.88 Å². The fourth-order valence-electron chi connectivity index (χ4n) is 9.18. The van der Waals surface area contributed by atoms with Crippen LogP contribution in [-0.2, 0) is 19.1 Å². The van der Waals surface area contributed by atoms with Gasteiger partial charge >= 0.3 is 0 Å². The highest BCUT2D eigenvalue weighted by atomic mass is 19.1. The zero-order chi connectivity index (χ0) is 29.4. The van der Waals surface area contributed by atoms with E-state index in [-0.39, 0.29) is 41.5 Å². The molecule has 228 valence electrons. The molecule has 8 rings (SSSR count). The minimum absolute atomic E-state index is 0.0300. The van der Waals surface area contributed by atoms with Crippen LogP contribution in [0.25, 0.3) is 11.0 Å². The summed E-state index contributed by atoms with van der Waals surface area (Å²) in [5.74, 6) is -0.314. The number of amides is 1. The molecule has 1 aromatic carbocycles. The number of nitrogens with zero attached hydrogens (tertiary/aromatic N) is 5. The fraction of sp³-hybridized carbons (Fsp3) is 0.645. The van der Waals surface area contributed by atoms with E-state index in [9.17, 15) is 19.7 Å². The number of alkyl halides is 1. The maximum absolute atomic E-state index is 16.5. The van der Waals surface area contributed by atoms with Gasteiger partial charge in [-0.05, 0) is 43.6 Å². The van der Waals surface area contributed by atoms with E-state index in [1.165, 1.54) is 31.3 Å². The summed E-state index contributed by atoms with van der Waals surface area (Å²) in [6.45, 7) is 1.73. The number of aromatic nitrogens is 2. The van der Waals surface area contributed by atoms with Crippen molar-refractivity contribution in [2.24, 2.45) is 17.8 Å². The first kappa shape index (κ1) is 27.2. The van der Waals surface area contributed by atoms with E-state index >= 15 is 4.39 Å². The van der Waals surface area contributed by atoms with Gasteiger partial charge in [-0.15, -0.1) is 0 Å². The standard InChI is InChI=1S/C31H36FN5O6/c32-22-14-20-27-30(28(22)36-16-33-23-13-18(37(40)41)6-7-24(23)36)43-25-8-5-17-3-1-2-4-19(17)26(25)35(27)15-21(29(20)38)31(39)34-9-11-42-12-10-34/h6-7,13,15-17,19-20,22,25-28,30H,1-5,8-12,14H2. The molecule has 9 unspecified atom stereocenters. The molecule has 4 heterocycles. The Morgan fingerprint density at radius 1 is 1.07 bits per heavy atom. The Kier molecular flexibility index (Phi) is 6.55. The largest absolute Gasteiger partial charge is 0.378 e. The molecule has 3 saturated carbocycles. The number of carbonyl (C=O) groups is 2. The van der Waals surface area contributed by atoms with Crippen LogP contribution in [-0.4, -0.2) is 92.7 Å². The Balaban J connectivity index is 1.22. The van der Waals surface area contributed by atoms with Gasteiger partial charge in [-0.25, -0.2) is 9.37 Å². The molecule has 2 saturated heterocycles. The Hall–Kier alpha value is -3.38. The monoisotopic (exact) mass is 593 g/mol. The van der Waals surface area contributed by atoms with E-state index in [1.807, 2.05) is 6.20 Å². The second-order valence-corrected chi connectivity index (χ2v) is 13.1. The van der Waals surface area contributed by atoms with E-state index in [1.54, 1.807) is 15.5 Å². The lowest BCUT2D eigenvalue weighted by Crippen LogP contribution is -2.71. The van der Waals surface area contributed by atoms with Crippen LogP contribution >= 0.6 is 0 Å². The molecular formula is C31H36FN5O6. The lowest BCUT2D eigenvalue weighted by atomic mass is 9.63. The van der Waals surface area contributed by atoms with Crippen LogP contribution in [0.15, 0.2) is 36.3 Å². The van der Waals surface area contributed by atoms with Crippen molar-refractivity contribution < 1.29 is 28.4 Å². The number of morpholine rings is 2. The van der Waals surface area contributed by atoms with Crippen LogP contribution in [0.3, 0.4) is 0 Å². The van der Waals surface area contributed by atoms with Crippen molar-refractivity contribution in [2.75, 3.05) is 26.3 Å². The quantitative estimate of drug-likeness (QED) is 0.301. The molecule has 0 radical (unpaired) electrons. The van der Waals surface area contributed by atoms with Gasteiger partial charge in [0.25, 0.3) is 11.6 Å². The van der Waals surface area contributed by atoms with Gasteiger partial charge in [0.05, 0.1) is 65.3 Å². The minimum atomic E-state index is -1.44. The molecule has 0 bridgehead atoms. The number of hydrogen-bond donors (Lipinski definition) is 0. The first-order valence-corrected chi connectivity index (χ1v) is 15.7. The van der Waals surface area contributed by atoms with Crippen LogP contribution < -0.4 is 0 Å². The number of ketones is 1. The molecule has 2 aromatic rings. The Morgan fingerprint density at radius 3 is 2.70 bits per heavy atom. The van der Waals surface area contributed by atoms with Crippen molar-refractivity contribution in [3.05, 3.63) is 46.4 Å². The Morgan fingerprint density at radius 2 is 1.88 bits per heavy atom. The average molecular weight is 594 g/mol. The van der Waals surface area contributed by atoms with Gasteiger partial charge in [-0.2, -0.15) is 0 Å². The summed E-state index contributed by atoms with van der Waals surface area (Å²) < 4.78 is 30.6. The molecule has 9 atom stereocenters. The van der Waals surface area contributed by atoms with Gasteiger partial charge in [0.15, 0.2) is 5.78 Å². The molecule has 3 aliphatic heterocycles. The molecule has 12 heteroatoms. The summed E-state index contributed by atoms with van der Waals surface area (Å²) in [4.78, 5) is 47.1. The predicted octanol–water partition coefficient (Wildman–Crippen LogP) is 3.58. The maximum atomic E-state index is 16.5. The number of halogens is 1. The Labute approximate surface area is 248 Å². The zero-order valence-corrected chi connectivity index (χ0v) is 23.9. The molecule has 11 nitrogen and oxygen atoms in total. The third kappa shape index (κ3) is 4.23. The van der Waals surface area contributed by atoms with Gasteiger partial charge < -0.3 is 23.8 Å². The van der Waals surface area contributed by atoms with Crippen molar-refractivity contribution in [3.63, 3.8) is 0 Å². The Bertz CT molecular complexity index is 1500. The van der Waals surface area contributed by atoms with Crippen LogP contribution in [0, 0.1) is 27.9 Å². The number of nitro groups is 1. The lowest BCUT2D eigenvalue weighted by Gasteiger charge is -2.62. The number of ether oxygens (including phenoxy) is 2. The summed E-state index contributed by atoms with van der Waals surface area (Å²) in [5.41, 5.74) is 1.08. The predicted molar refractivity (Wildman–Crippen MR) is 152 cm³/mol. The molecule has 1 amide bonds. The zero-order valence-electron chi connectivity index (χ0n) is 23.9. The van der Waals surface area contributed by atoms with Gasteiger partial charge in [0.2, 0.25) is 0 Å². The van der Waals surface area contributed by atoms with Gasteiger partial charge in [0, 0.05) is 37.3 Å². The van der Waals surface area contributed by atoms with Gasteiger partial charge in [0.1, 0.15) is 12.3 Å². The number of carbonyl (C=O) groups excluding carboxylic acids is 2. The number of nitro benzene ring substituents is 1. The van der Waals surface area contributed by atoms with E-state index in [0.29, 0.717) is 49.2 Å². The smallest absolute Gasteiger partial charge is 0.271 e. The minimum Gasteiger partial charge on any atom is -0.378 e. The van der Waals surface area contributed by atoms with E-state index < -0.39 is 35.2 Å². The lowest BCUT2D eigenvalue weighted by molar-refractivity contribution is -0.384. The molecule has 3 aliphatic carbocycles. The average Bonchev–Trinajstić information content (AvgIpc) is 3.45. The molecule has 0 spiro atoms. The third-order valence-electron chi connectivity index (χ3n) is 11.1. The molecule has 43 heavy (non-hydrogen) atoms. The molecule has 5 fully saturated rings. The highest BCUT2D eigenvalue weighted by Crippen LogP contribution is 2.53. The first-order valence-electron chi connectivity index (χ1n) is 15.7. The number of rotatable bonds is 3. The fourth-order valence-corrected chi connectivity index (χ4v) is 9.18. The molecule has 0 N–H and O–H groups in total. The number of imidazole rings is 1. The first-order chi connectivity index (χ1) is 20.9. The second-order valence-electron chi connectivity index (χ2n) is 13.1. The van der Waals surface area contributed by atoms with Crippen molar-refractivity contribution in [2.45, 2.75) is 81.5 Å². The van der Waals surface area contributed by atoms with Crippen LogP contribution in [0.4, 0.5) is 10.1 Å². The number of Topliss-reactive ketones (excluding diaryl/α,β-unsaturated/α-hetero) is 1. The van der Waals surface area contributed by atoms with E-state index in [4.69, 9.17) is 9.47 Å². The van der Waals surface area contributed by atoms with Crippen LogP contribution in [0.1, 0.15) is 51.0 Å². The number of non-ortho nitro benzene ring substituents is 1. The SMILES string of the molecule is O=C1C(C(=O)N2CCOCC2)=CN2C3C(CCC4CCCCC43)OC3C2C1CC(F)C3n1cnc2cc([N+](=O)[O-])ccc21. The highest BCUT2D eigenvalue weighted by Gasteiger charge is 2.61. The summed E-state index contributed by atoms with van der Waals surface area (Å²) >= 11 is 0. The summed E-state index contributed by atoms with van der Waals surface area (Å²) in [7, 11) is 0. The van der Waals surface area contributed by atoms with Gasteiger partial charge in [-0.3, -0.25) is 19.7 Å². The normalized spacial score (nSPS) is 37.3. The van der Waals surface area contributed by atoms with Gasteiger partial charge in [-0.1, -0.05) is 19.3 Å². The van der Waals surface area contributed by atoms with Crippen LogP contribution in [0.5, 0.6) is 0 Å². The summed E-state index contributed by atoms with van der Waals surface area (Å²) in [6.07, 6.45) is 7.65. The third-order valence-corrected chi connectivity index (χ3v) is 11.1. The number of benzene rings is 1. The van der Waals surface area contributed by atoms with Crippen molar-refractivity contribution in [1.82, 2.24) is 19.4 Å². The van der Waals surface area contributed by atoms with Crippen LogP contribution in [0.2, 0.25) is 0 Å². The molecular weight excluding hydrogens is 557 g/mol. The van der Waals surface area contributed by atoms with Crippen molar-refractivity contribution in [1.29, 1.82) is 0 Å². The van der Waals surface area contributed by atoms with E-state index in [0.717, 1.165) is 25.7 Å².